The van der Waals surface area contributed by atoms with E-state index in [0.717, 1.165) is 0 Å². The Bertz CT molecular complexity index is 213. The summed E-state index contributed by atoms with van der Waals surface area (Å²) in [5.41, 5.74) is 0. The van der Waals surface area contributed by atoms with Gasteiger partial charge in [-0.25, -0.2) is 0 Å². The van der Waals surface area contributed by atoms with Crippen molar-refractivity contribution in [1.29, 1.82) is 0 Å². The lowest BCUT2D eigenvalue weighted by molar-refractivity contribution is -0.138. The van der Waals surface area contributed by atoms with Crippen LogP contribution in [0, 0.1) is 0 Å². The topological polar surface area (TPSA) is 61.8 Å². The van der Waals surface area contributed by atoms with Crippen LogP contribution >= 0.6 is 0 Å². The summed E-state index contributed by atoms with van der Waals surface area (Å²) in [6, 6.07) is 0. The highest BCUT2D eigenvalue weighted by Gasteiger charge is 2.31. The van der Waals surface area contributed by atoms with Crippen LogP contribution in [0.1, 0.15) is 12.8 Å². The van der Waals surface area contributed by atoms with E-state index in [1.165, 1.54) is 0 Å². The van der Waals surface area contributed by atoms with Gasteiger partial charge in [0, 0.05) is 0 Å². The molecule has 0 aromatic heterocycles. The normalized spacial score (nSPS) is 33.2. The molecule has 5 heteroatoms. The SMILES string of the molecule is O=C1CC(OC2COC(=O)C2)CO1. The summed E-state index contributed by atoms with van der Waals surface area (Å²) in [5.74, 6) is -0.481. The zero-order valence-electron chi connectivity index (χ0n) is 7.02. The Morgan fingerprint density at radius 1 is 1.00 bits per heavy atom. The van der Waals surface area contributed by atoms with Crippen LogP contribution in [0.3, 0.4) is 0 Å². The van der Waals surface area contributed by atoms with Gasteiger partial charge in [-0.3, -0.25) is 9.59 Å². The highest BCUT2D eigenvalue weighted by molar-refractivity contribution is 5.72. The van der Waals surface area contributed by atoms with Crippen molar-refractivity contribution >= 4 is 11.9 Å². The average molecular weight is 186 g/mol. The molecule has 0 amide bonds. The quantitative estimate of drug-likeness (QED) is 0.551. The molecule has 0 aromatic carbocycles. The van der Waals surface area contributed by atoms with E-state index in [0.29, 0.717) is 13.2 Å². The van der Waals surface area contributed by atoms with Gasteiger partial charge < -0.3 is 14.2 Å². The number of carbonyl (C=O) groups is 2. The molecule has 5 nitrogen and oxygen atoms in total. The van der Waals surface area contributed by atoms with Crippen molar-refractivity contribution in [2.45, 2.75) is 25.0 Å². The van der Waals surface area contributed by atoms with Crippen LogP contribution in [-0.2, 0) is 23.8 Å². The molecule has 2 rings (SSSR count). The molecule has 0 aromatic rings. The van der Waals surface area contributed by atoms with Crippen molar-refractivity contribution in [3.63, 3.8) is 0 Å². The maximum absolute atomic E-state index is 10.7. The van der Waals surface area contributed by atoms with Crippen LogP contribution in [-0.4, -0.2) is 37.4 Å². The van der Waals surface area contributed by atoms with E-state index in [-0.39, 0.29) is 37.0 Å². The van der Waals surface area contributed by atoms with Gasteiger partial charge >= 0.3 is 11.9 Å². The lowest BCUT2D eigenvalue weighted by atomic mass is 10.2. The summed E-state index contributed by atoms with van der Waals surface area (Å²) in [5, 5.41) is 0. The predicted molar refractivity (Wildman–Crippen MR) is 39.8 cm³/mol. The molecule has 2 atom stereocenters. The summed E-state index contributed by atoms with van der Waals surface area (Å²) >= 11 is 0. The number of esters is 2. The Balaban J connectivity index is 1.78. The molecule has 0 radical (unpaired) electrons. The van der Waals surface area contributed by atoms with Gasteiger partial charge in [-0.05, 0) is 0 Å². The van der Waals surface area contributed by atoms with Gasteiger partial charge in [-0.2, -0.15) is 0 Å². The second-order valence-corrected chi connectivity index (χ2v) is 3.15. The molecule has 0 N–H and O–H groups in total. The van der Waals surface area contributed by atoms with Crippen LogP contribution in [0.25, 0.3) is 0 Å². The van der Waals surface area contributed by atoms with Crippen molar-refractivity contribution in [2.75, 3.05) is 13.2 Å². The third-order valence-corrected chi connectivity index (χ3v) is 2.03. The van der Waals surface area contributed by atoms with Gasteiger partial charge in [0.05, 0.1) is 12.8 Å². The third-order valence-electron chi connectivity index (χ3n) is 2.03. The van der Waals surface area contributed by atoms with Crippen molar-refractivity contribution in [3.8, 4) is 0 Å². The monoisotopic (exact) mass is 186 g/mol. The number of hydrogen-bond acceptors (Lipinski definition) is 5. The van der Waals surface area contributed by atoms with Gasteiger partial charge in [0.2, 0.25) is 0 Å². The average Bonchev–Trinajstić information content (AvgIpc) is 2.62. The number of hydrogen-bond donors (Lipinski definition) is 0. The van der Waals surface area contributed by atoms with Crippen LogP contribution in [0.4, 0.5) is 0 Å². The molecule has 72 valence electrons. The largest absolute Gasteiger partial charge is 0.463 e. The Kier molecular flexibility index (Phi) is 2.18. The van der Waals surface area contributed by atoms with Crippen molar-refractivity contribution in [3.05, 3.63) is 0 Å². The highest BCUT2D eigenvalue weighted by Crippen LogP contribution is 2.17. The molecule has 0 bridgehead atoms. The van der Waals surface area contributed by atoms with Crippen LogP contribution in [0.5, 0.6) is 0 Å². The Hall–Kier alpha value is -1.10. The first-order valence-corrected chi connectivity index (χ1v) is 4.21. The molecule has 2 fully saturated rings. The molecule has 2 aliphatic rings. The zero-order valence-corrected chi connectivity index (χ0v) is 7.02. The van der Waals surface area contributed by atoms with E-state index in [1.807, 2.05) is 0 Å². The van der Waals surface area contributed by atoms with E-state index in [4.69, 9.17) is 14.2 Å². The standard InChI is InChI=1S/C8H10O5/c9-7-1-5(3-11-7)13-6-2-8(10)12-4-6/h5-6H,1-4H2. The van der Waals surface area contributed by atoms with Crippen LogP contribution in [0.15, 0.2) is 0 Å². The summed E-state index contributed by atoms with van der Waals surface area (Å²) in [7, 11) is 0. The third kappa shape index (κ3) is 1.98. The summed E-state index contributed by atoms with van der Waals surface area (Å²) < 4.78 is 14.8. The number of ether oxygens (including phenoxy) is 3. The van der Waals surface area contributed by atoms with E-state index < -0.39 is 0 Å². The van der Waals surface area contributed by atoms with Gasteiger partial charge in [0.1, 0.15) is 25.4 Å². The minimum absolute atomic E-state index is 0.202. The molecule has 2 aliphatic heterocycles. The van der Waals surface area contributed by atoms with E-state index in [9.17, 15) is 9.59 Å². The first kappa shape index (κ1) is 8.50. The second-order valence-electron chi connectivity index (χ2n) is 3.15. The summed E-state index contributed by atoms with van der Waals surface area (Å²) in [6.45, 7) is 0.590. The maximum atomic E-state index is 10.7. The van der Waals surface area contributed by atoms with Gasteiger partial charge in [-0.1, -0.05) is 0 Å². The van der Waals surface area contributed by atoms with Crippen LogP contribution < -0.4 is 0 Å². The second kappa shape index (κ2) is 3.33. The van der Waals surface area contributed by atoms with E-state index >= 15 is 0 Å². The Morgan fingerprint density at radius 2 is 1.46 bits per heavy atom. The number of rotatable bonds is 2. The van der Waals surface area contributed by atoms with Gasteiger partial charge in [-0.15, -0.1) is 0 Å². The molecular formula is C8H10O5. The molecular weight excluding hydrogens is 176 g/mol. The Morgan fingerprint density at radius 3 is 1.77 bits per heavy atom. The summed E-state index contributed by atoms with van der Waals surface area (Å²) in [4.78, 5) is 21.4. The zero-order chi connectivity index (χ0) is 9.26. The molecule has 2 heterocycles. The lowest BCUT2D eigenvalue weighted by Gasteiger charge is -2.12. The van der Waals surface area contributed by atoms with Gasteiger partial charge in [0.15, 0.2) is 0 Å². The minimum Gasteiger partial charge on any atom is -0.463 e. The van der Waals surface area contributed by atoms with Crippen molar-refractivity contribution in [2.24, 2.45) is 0 Å². The fourth-order valence-corrected chi connectivity index (χ4v) is 1.43. The molecule has 0 saturated carbocycles. The first-order chi connectivity index (χ1) is 6.24. The predicted octanol–water partition coefficient (Wildman–Crippen LogP) is -0.366. The fraction of sp³-hybridized carbons (Fsp3) is 0.750. The molecule has 2 unspecified atom stereocenters. The molecule has 0 aliphatic carbocycles. The van der Waals surface area contributed by atoms with Crippen molar-refractivity contribution in [1.82, 2.24) is 0 Å². The number of cyclic esters (lactones) is 2. The van der Waals surface area contributed by atoms with E-state index in [1.54, 1.807) is 0 Å². The molecule has 13 heavy (non-hydrogen) atoms. The highest BCUT2D eigenvalue weighted by atomic mass is 16.6. The number of carbonyl (C=O) groups excluding carboxylic acids is 2. The lowest BCUT2D eigenvalue weighted by Crippen LogP contribution is -2.22. The maximum Gasteiger partial charge on any atom is 0.308 e. The first-order valence-electron chi connectivity index (χ1n) is 4.21. The minimum atomic E-state index is -0.241. The summed E-state index contributed by atoms with van der Waals surface area (Å²) in [6.07, 6.45) is 0.161. The molecule has 0 spiro atoms. The van der Waals surface area contributed by atoms with Crippen molar-refractivity contribution < 1.29 is 23.8 Å². The van der Waals surface area contributed by atoms with E-state index in [2.05, 4.69) is 0 Å². The van der Waals surface area contributed by atoms with Crippen LogP contribution in [0.2, 0.25) is 0 Å². The molecule has 2 saturated heterocycles. The Labute approximate surface area is 74.9 Å². The fourth-order valence-electron chi connectivity index (χ4n) is 1.43. The van der Waals surface area contributed by atoms with Gasteiger partial charge in [0.25, 0.3) is 0 Å². The smallest absolute Gasteiger partial charge is 0.308 e.